The number of aryl methyl sites for hydroxylation is 1. The molecule has 13 heteroatoms. The summed E-state index contributed by atoms with van der Waals surface area (Å²) in [4.78, 5) is 28.1. The van der Waals surface area contributed by atoms with E-state index in [0.29, 0.717) is 5.58 Å². The van der Waals surface area contributed by atoms with Gasteiger partial charge in [0.1, 0.15) is 5.82 Å². The molecule has 0 unspecified atom stereocenters. The first kappa shape index (κ1) is 30.2. The summed E-state index contributed by atoms with van der Waals surface area (Å²) in [6, 6.07) is 12.8. The number of carbonyl (C=O) groups is 1. The van der Waals surface area contributed by atoms with E-state index in [-0.39, 0.29) is 28.5 Å². The number of carbonyl (C=O) groups excluding carboxylic acids is 1. The van der Waals surface area contributed by atoms with E-state index in [2.05, 4.69) is 30.5 Å². The van der Waals surface area contributed by atoms with Crippen molar-refractivity contribution in [1.82, 2.24) is 19.9 Å². The van der Waals surface area contributed by atoms with Crippen molar-refractivity contribution in [3.8, 4) is 22.6 Å². The number of nitrogens with one attached hydrogen (secondary N) is 2. The summed E-state index contributed by atoms with van der Waals surface area (Å²) in [5.74, 6) is -0.670. The van der Waals surface area contributed by atoms with Crippen molar-refractivity contribution in [2.75, 3.05) is 43.5 Å². The highest BCUT2D eigenvalue weighted by molar-refractivity contribution is 6.00. The van der Waals surface area contributed by atoms with Gasteiger partial charge < -0.3 is 19.8 Å². The van der Waals surface area contributed by atoms with Crippen LogP contribution in [0, 0.1) is 5.82 Å². The van der Waals surface area contributed by atoms with Gasteiger partial charge in [0.05, 0.1) is 24.3 Å². The van der Waals surface area contributed by atoms with Crippen LogP contribution in [0.15, 0.2) is 77.5 Å². The molecule has 2 N–H and O–H groups in total. The molecule has 6 rings (SSSR count). The van der Waals surface area contributed by atoms with Crippen LogP contribution in [-0.4, -0.2) is 58.7 Å². The lowest BCUT2D eigenvalue weighted by atomic mass is 10.1. The minimum absolute atomic E-state index is 0.00928. The average molecular weight is 621 g/mol. The molecule has 1 saturated heterocycles. The number of amides is 2. The molecule has 0 spiro atoms. The fraction of sp³-hybridized carbons (Fsp3) is 0.250. The summed E-state index contributed by atoms with van der Waals surface area (Å²) < 4.78 is 64.4. The van der Waals surface area contributed by atoms with Crippen molar-refractivity contribution in [3.63, 3.8) is 0 Å². The van der Waals surface area contributed by atoms with Crippen molar-refractivity contribution >= 4 is 28.6 Å². The van der Waals surface area contributed by atoms with Crippen LogP contribution in [0.1, 0.15) is 17.7 Å². The Hall–Kier alpha value is -4.88. The Morgan fingerprint density at radius 2 is 1.62 bits per heavy atom. The quantitative estimate of drug-likeness (QED) is 0.180. The SMILES string of the molecule is O=C(Nc1ccc(C(F)(F)F)cc1)Nc1ccc(F)c(-c2nc3ncc(-c4ccc(CCCN5CCOCC5)nc4)cc3o2)c1. The number of urea groups is 1. The maximum Gasteiger partial charge on any atom is 0.416 e. The number of oxazole rings is 1. The van der Waals surface area contributed by atoms with Crippen LogP contribution in [0.3, 0.4) is 0 Å². The number of alkyl halides is 3. The first-order valence-electron chi connectivity index (χ1n) is 14.3. The number of hydrogen-bond acceptors (Lipinski definition) is 7. The molecule has 3 aromatic heterocycles. The van der Waals surface area contributed by atoms with Crippen molar-refractivity contribution < 1.29 is 31.5 Å². The van der Waals surface area contributed by atoms with Gasteiger partial charge in [-0.2, -0.15) is 18.2 Å². The average Bonchev–Trinajstić information content (AvgIpc) is 3.46. The third kappa shape index (κ3) is 7.44. The maximum absolute atomic E-state index is 14.8. The van der Waals surface area contributed by atoms with Gasteiger partial charge in [0.25, 0.3) is 0 Å². The Labute approximate surface area is 255 Å². The first-order valence-corrected chi connectivity index (χ1v) is 14.3. The van der Waals surface area contributed by atoms with Crippen LogP contribution in [0.2, 0.25) is 0 Å². The Balaban J connectivity index is 1.11. The van der Waals surface area contributed by atoms with Gasteiger partial charge in [-0.25, -0.2) is 14.2 Å². The molecule has 0 saturated carbocycles. The van der Waals surface area contributed by atoms with E-state index in [1.165, 1.54) is 12.1 Å². The third-order valence-electron chi connectivity index (χ3n) is 7.34. The summed E-state index contributed by atoms with van der Waals surface area (Å²) in [6.07, 6.45) is 0.825. The van der Waals surface area contributed by atoms with Crippen LogP contribution >= 0.6 is 0 Å². The van der Waals surface area contributed by atoms with Gasteiger partial charge in [-0.15, -0.1) is 0 Å². The van der Waals surface area contributed by atoms with E-state index in [4.69, 9.17) is 9.15 Å². The van der Waals surface area contributed by atoms with E-state index in [9.17, 15) is 22.4 Å². The second-order valence-electron chi connectivity index (χ2n) is 10.5. The molecule has 1 fully saturated rings. The third-order valence-corrected chi connectivity index (χ3v) is 7.34. The van der Waals surface area contributed by atoms with E-state index in [0.717, 1.165) is 92.8 Å². The summed E-state index contributed by atoms with van der Waals surface area (Å²) in [7, 11) is 0. The molecule has 2 aromatic carbocycles. The Morgan fingerprint density at radius 3 is 2.36 bits per heavy atom. The Kier molecular flexibility index (Phi) is 8.71. The molecule has 5 aromatic rings. The second kappa shape index (κ2) is 13.0. The van der Waals surface area contributed by atoms with E-state index >= 15 is 0 Å². The minimum atomic E-state index is -4.49. The largest absolute Gasteiger partial charge is 0.434 e. The number of benzene rings is 2. The van der Waals surface area contributed by atoms with Crippen molar-refractivity contribution in [2.45, 2.75) is 19.0 Å². The topological polar surface area (TPSA) is 105 Å². The number of morpholine rings is 1. The number of nitrogens with zero attached hydrogens (tertiary/aromatic N) is 4. The number of anilines is 2. The molecule has 9 nitrogen and oxygen atoms in total. The minimum Gasteiger partial charge on any atom is -0.434 e. The molecule has 1 aliphatic rings. The van der Waals surface area contributed by atoms with Crippen LogP contribution in [0.5, 0.6) is 0 Å². The summed E-state index contributed by atoms with van der Waals surface area (Å²) in [5, 5.41) is 4.97. The van der Waals surface area contributed by atoms with Gasteiger partial charge in [0.2, 0.25) is 5.89 Å². The van der Waals surface area contributed by atoms with Crippen molar-refractivity contribution in [2.24, 2.45) is 0 Å². The van der Waals surface area contributed by atoms with E-state index in [1.54, 1.807) is 18.5 Å². The van der Waals surface area contributed by atoms with E-state index < -0.39 is 23.6 Å². The van der Waals surface area contributed by atoms with Crippen LogP contribution in [0.4, 0.5) is 33.7 Å². The molecule has 0 bridgehead atoms. The standard InChI is InChI=1S/C32H28F4N6O3/c33-27-10-9-25(40-31(43)39-24-7-4-22(5-8-24)32(34,35)36)17-26(27)30-41-29-28(45-30)16-21(19-38-29)20-3-6-23(37-18-20)2-1-11-42-12-14-44-15-13-42/h3-10,16-19H,1-2,11-15H2,(H2,39,40,43). The maximum atomic E-state index is 14.8. The molecular weight excluding hydrogens is 592 g/mol. The number of fused-ring (bicyclic) bond motifs is 1. The number of halogens is 4. The molecule has 4 heterocycles. The van der Waals surface area contributed by atoms with Gasteiger partial charge >= 0.3 is 12.2 Å². The van der Waals surface area contributed by atoms with Gasteiger partial charge in [0.15, 0.2) is 11.2 Å². The molecule has 0 aliphatic carbocycles. The predicted molar refractivity (Wildman–Crippen MR) is 160 cm³/mol. The summed E-state index contributed by atoms with van der Waals surface area (Å²) in [6.45, 7) is 4.51. The lowest BCUT2D eigenvalue weighted by molar-refractivity contribution is -0.137. The van der Waals surface area contributed by atoms with Crippen LogP contribution in [0.25, 0.3) is 33.8 Å². The molecule has 45 heavy (non-hydrogen) atoms. The number of ether oxygens (including phenoxy) is 1. The molecule has 2 amide bonds. The number of pyridine rings is 2. The number of aromatic nitrogens is 3. The van der Waals surface area contributed by atoms with Crippen LogP contribution in [-0.2, 0) is 17.3 Å². The summed E-state index contributed by atoms with van der Waals surface area (Å²) >= 11 is 0. The first-order chi connectivity index (χ1) is 21.7. The Morgan fingerprint density at radius 1 is 0.889 bits per heavy atom. The van der Waals surface area contributed by atoms with Gasteiger partial charge in [-0.1, -0.05) is 6.07 Å². The monoisotopic (exact) mass is 620 g/mol. The summed E-state index contributed by atoms with van der Waals surface area (Å²) in [5.41, 5.74) is 2.74. The van der Waals surface area contributed by atoms with Gasteiger partial charge in [-0.05, 0) is 74.0 Å². The lowest BCUT2D eigenvalue weighted by Crippen LogP contribution is -2.36. The van der Waals surface area contributed by atoms with Crippen LogP contribution < -0.4 is 10.6 Å². The zero-order valence-corrected chi connectivity index (χ0v) is 23.9. The second-order valence-corrected chi connectivity index (χ2v) is 10.5. The fourth-order valence-corrected chi connectivity index (χ4v) is 4.95. The highest BCUT2D eigenvalue weighted by Crippen LogP contribution is 2.31. The molecule has 1 aliphatic heterocycles. The smallest absolute Gasteiger partial charge is 0.416 e. The highest BCUT2D eigenvalue weighted by atomic mass is 19.4. The zero-order valence-electron chi connectivity index (χ0n) is 23.9. The normalized spacial score (nSPS) is 14.0. The zero-order chi connectivity index (χ0) is 31.4. The fourth-order valence-electron chi connectivity index (χ4n) is 4.95. The highest BCUT2D eigenvalue weighted by Gasteiger charge is 2.30. The molecule has 0 atom stereocenters. The number of rotatable bonds is 8. The van der Waals surface area contributed by atoms with Crippen molar-refractivity contribution in [1.29, 1.82) is 0 Å². The van der Waals surface area contributed by atoms with Gasteiger partial charge in [0, 0.05) is 53.7 Å². The molecule has 232 valence electrons. The van der Waals surface area contributed by atoms with Gasteiger partial charge in [-0.3, -0.25) is 9.88 Å². The van der Waals surface area contributed by atoms with E-state index in [1.807, 2.05) is 12.1 Å². The Bertz CT molecular complexity index is 1790. The molecule has 0 radical (unpaired) electrons. The number of hydrogen-bond donors (Lipinski definition) is 2. The lowest BCUT2D eigenvalue weighted by Gasteiger charge is -2.26. The predicted octanol–water partition coefficient (Wildman–Crippen LogP) is 7.02. The molecular formula is C32H28F4N6O3. The van der Waals surface area contributed by atoms with Crippen molar-refractivity contribution in [3.05, 3.63) is 90.1 Å².